The maximum atomic E-state index is 13.1. The van der Waals surface area contributed by atoms with E-state index in [2.05, 4.69) is 21.2 Å². The highest BCUT2D eigenvalue weighted by molar-refractivity contribution is 9.10. The van der Waals surface area contributed by atoms with Crippen LogP contribution in [0.15, 0.2) is 57.9 Å². The van der Waals surface area contributed by atoms with Gasteiger partial charge in [-0.15, -0.1) is 11.8 Å². The zero-order chi connectivity index (χ0) is 14.5. The predicted octanol–water partition coefficient (Wildman–Crippen LogP) is 4.71. The summed E-state index contributed by atoms with van der Waals surface area (Å²) in [6, 6.07) is 13.6. The number of rotatable bonds is 4. The van der Waals surface area contributed by atoms with Crippen LogP contribution in [0.2, 0.25) is 0 Å². The number of anilines is 1. The number of halogens is 2. The zero-order valence-corrected chi connectivity index (χ0v) is 13.2. The van der Waals surface area contributed by atoms with Crippen molar-refractivity contribution in [2.75, 3.05) is 5.32 Å². The first-order chi connectivity index (χ1) is 9.56. The zero-order valence-electron chi connectivity index (χ0n) is 10.8. The molecule has 0 unspecified atom stereocenters. The van der Waals surface area contributed by atoms with E-state index in [4.69, 9.17) is 0 Å². The molecule has 104 valence electrons. The van der Waals surface area contributed by atoms with Gasteiger partial charge in [0, 0.05) is 15.1 Å². The molecule has 1 amide bonds. The lowest BCUT2D eigenvalue weighted by Gasteiger charge is -2.13. The summed E-state index contributed by atoms with van der Waals surface area (Å²) in [5.74, 6) is -0.523. The fourth-order valence-corrected chi connectivity index (χ4v) is 3.04. The van der Waals surface area contributed by atoms with Gasteiger partial charge in [0.05, 0.1) is 5.25 Å². The van der Waals surface area contributed by atoms with E-state index < -0.39 is 0 Å². The topological polar surface area (TPSA) is 29.1 Å². The van der Waals surface area contributed by atoms with Crippen LogP contribution in [0, 0.1) is 5.82 Å². The monoisotopic (exact) mass is 353 g/mol. The molecule has 2 rings (SSSR count). The molecule has 0 aliphatic heterocycles. The summed E-state index contributed by atoms with van der Waals surface area (Å²) in [5, 5.41) is 2.43. The molecule has 0 aliphatic rings. The summed E-state index contributed by atoms with van der Waals surface area (Å²) in [4.78, 5) is 13.1. The minimum Gasteiger partial charge on any atom is -0.325 e. The standard InChI is InChI=1S/C15H13BrFNOS/c1-10(20-14-8-3-2-7-13(14)16)15(19)18-12-6-4-5-11(17)9-12/h2-10H,1H3,(H,18,19)/t10-/m0/s1. The smallest absolute Gasteiger partial charge is 0.237 e. The van der Waals surface area contributed by atoms with Gasteiger partial charge in [-0.2, -0.15) is 0 Å². The highest BCUT2D eigenvalue weighted by atomic mass is 79.9. The van der Waals surface area contributed by atoms with E-state index in [1.165, 1.54) is 23.9 Å². The minimum atomic E-state index is -0.367. The minimum absolute atomic E-state index is 0.156. The summed E-state index contributed by atoms with van der Waals surface area (Å²) in [6.07, 6.45) is 0. The van der Waals surface area contributed by atoms with Crippen molar-refractivity contribution in [2.45, 2.75) is 17.1 Å². The first kappa shape index (κ1) is 15.1. The third kappa shape index (κ3) is 4.08. The van der Waals surface area contributed by atoms with Crippen LogP contribution < -0.4 is 5.32 Å². The van der Waals surface area contributed by atoms with Crippen molar-refractivity contribution in [3.63, 3.8) is 0 Å². The molecular weight excluding hydrogens is 341 g/mol. The van der Waals surface area contributed by atoms with Gasteiger partial charge in [0.1, 0.15) is 5.82 Å². The molecule has 2 aromatic carbocycles. The second kappa shape index (κ2) is 6.90. The largest absolute Gasteiger partial charge is 0.325 e. The number of carbonyl (C=O) groups excluding carboxylic acids is 1. The molecule has 2 nitrogen and oxygen atoms in total. The fraction of sp³-hybridized carbons (Fsp3) is 0.133. The molecule has 0 heterocycles. The van der Waals surface area contributed by atoms with Gasteiger partial charge in [-0.3, -0.25) is 4.79 Å². The molecule has 0 aliphatic carbocycles. The van der Waals surface area contributed by atoms with E-state index in [9.17, 15) is 9.18 Å². The molecule has 0 aromatic heterocycles. The summed E-state index contributed by atoms with van der Waals surface area (Å²) >= 11 is 4.90. The van der Waals surface area contributed by atoms with Crippen molar-refractivity contribution >= 4 is 39.3 Å². The molecule has 1 atom stereocenters. The Morgan fingerprint density at radius 3 is 2.70 bits per heavy atom. The Bertz CT molecular complexity index is 620. The van der Waals surface area contributed by atoms with Crippen molar-refractivity contribution in [3.05, 3.63) is 58.8 Å². The Balaban J connectivity index is 2.01. The summed E-state index contributed by atoms with van der Waals surface area (Å²) in [6.45, 7) is 1.82. The maximum Gasteiger partial charge on any atom is 0.237 e. The summed E-state index contributed by atoms with van der Waals surface area (Å²) < 4.78 is 14.0. The van der Waals surface area contributed by atoms with Gasteiger partial charge in [-0.05, 0) is 53.2 Å². The normalized spacial score (nSPS) is 11.9. The van der Waals surface area contributed by atoms with Crippen LogP contribution in [0.1, 0.15) is 6.92 Å². The van der Waals surface area contributed by atoms with E-state index in [1.54, 1.807) is 12.1 Å². The highest BCUT2D eigenvalue weighted by Crippen LogP contribution is 2.30. The highest BCUT2D eigenvalue weighted by Gasteiger charge is 2.15. The van der Waals surface area contributed by atoms with Gasteiger partial charge < -0.3 is 5.32 Å². The van der Waals surface area contributed by atoms with E-state index in [0.29, 0.717) is 5.69 Å². The quantitative estimate of drug-likeness (QED) is 0.806. The molecule has 20 heavy (non-hydrogen) atoms. The maximum absolute atomic E-state index is 13.1. The molecule has 0 fully saturated rings. The molecule has 2 aromatic rings. The molecular formula is C15H13BrFNOS. The van der Waals surface area contributed by atoms with Crippen molar-refractivity contribution in [2.24, 2.45) is 0 Å². The third-order valence-electron chi connectivity index (χ3n) is 2.60. The van der Waals surface area contributed by atoms with Crippen LogP contribution in [-0.2, 0) is 4.79 Å². The molecule has 0 spiro atoms. The second-order valence-corrected chi connectivity index (χ2v) is 6.43. The average molecular weight is 354 g/mol. The van der Waals surface area contributed by atoms with E-state index >= 15 is 0 Å². The Hall–Kier alpha value is -1.33. The van der Waals surface area contributed by atoms with Gasteiger partial charge in [-0.1, -0.05) is 18.2 Å². The second-order valence-electron chi connectivity index (χ2n) is 4.19. The van der Waals surface area contributed by atoms with Crippen LogP contribution in [0.25, 0.3) is 0 Å². The van der Waals surface area contributed by atoms with Gasteiger partial charge in [-0.25, -0.2) is 4.39 Å². The number of amides is 1. The number of nitrogens with one attached hydrogen (secondary N) is 1. The van der Waals surface area contributed by atoms with Gasteiger partial charge in [0.25, 0.3) is 0 Å². The van der Waals surface area contributed by atoms with Crippen LogP contribution in [-0.4, -0.2) is 11.2 Å². The lowest BCUT2D eigenvalue weighted by molar-refractivity contribution is -0.115. The Morgan fingerprint density at radius 2 is 2.00 bits per heavy atom. The van der Waals surface area contributed by atoms with Crippen LogP contribution in [0.3, 0.4) is 0 Å². The molecule has 5 heteroatoms. The number of benzene rings is 2. The van der Waals surface area contributed by atoms with Crippen molar-refractivity contribution < 1.29 is 9.18 Å². The number of hydrogen-bond acceptors (Lipinski definition) is 2. The number of thioether (sulfide) groups is 1. The van der Waals surface area contributed by atoms with Crippen molar-refractivity contribution in [1.29, 1.82) is 0 Å². The lowest BCUT2D eigenvalue weighted by atomic mass is 10.3. The van der Waals surface area contributed by atoms with Crippen LogP contribution >= 0.6 is 27.7 Å². The molecule has 0 radical (unpaired) electrons. The Labute approximate surface area is 129 Å². The van der Waals surface area contributed by atoms with Crippen LogP contribution in [0.4, 0.5) is 10.1 Å². The van der Waals surface area contributed by atoms with Crippen LogP contribution in [0.5, 0.6) is 0 Å². The first-order valence-electron chi connectivity index (χ1n) is 6.04. The van der Waals surface area contributed by atoms with Crippen molar-refractivity contribution in [3.8, 4) is 0 Å². The molecule has 0 bridgehead atoms. The first-order valence-corrected chi connectivity index (χ1v) is 7.71. The third-order valence-corrected chi connectivity index (χ3v) is 4.73. The predicted molar refractivity (Wildman–Crippen MR) is 84.5 cm³/mol. The summed E-state index contributed by atoms with van der Waals surface area (Å²) in [5.41, 5.74) is 0.467. The van der Waals surface area contributed by atoms with E-state index in [1.807, 2.05) is 31.2 Å². The Morgan fingerprint density at radius 1 is 1.25 bits per heavy atom. The van der Waals surface area contributed by atoms with E-state index in [0.717, 1.165) is 9.37 Å². The van der Waals surface area contributed by atoms with Gasteiger partial charge in [0.15, 0.2) is 0 Å². The van der Waals surface area contributed by atoms with Gasteiger partial charge in [0.2, 0.25) is 5.91 Å². The fourth-order valence-electron chi connectivity index (χ4n) is 1.59. The average Bonchev–Trinajstić information content (AvgIpc) is 2.41. The van der Waals surface area contributed by atoms with Gasteiger partial charge >= 0.3 is 0 Å². The number of hydrogen-bond donors (Lipinski definition) is 1. The van der Waals surface area contributed by atoms with E-state index in [-0.39, 0.29) is 17.0 Å². The molecule has 0 saturated heterocycles. The molecule has 0 saturated carbocycles. The number of carbonyl (C=O) groups is 1. The SMILES string of the molecule is C[C@H](Sc1ccccc1Br)C(=O)Nc1cccc(F)c1. The Kier molecular flexibility index (Phi) is 5.20. The lowest BCUT2D eigenvalue weighted by Crippen LogP contribution is -2.22. The molecule has 1 N–H and O–H groups in total. The van der Waals surface area contributed by atoms with Crippen molar-refractivity contribution in [1.82, 2.24) is 0 Å². The summed E-state index contributed by atoms with van der Waals surface area (Å²) in [7, 11) is 0.